The third-order valence-corrected chi connectivity index (χ3v) is 1.31. The maximum atomic E-state index is 11.1. The van der Waals surface area contributed by atoms with Crippen LogP contribution in [0.4, 0.5) is 4.79 Å². The Balaban J connectivity index is 0. The van der Waals surface area contributed by atoms with Crippen LogP contribution in [0.2, 0.25) is 0 Å². The summed E-state index contributed by atoms with van der Waals surface area (Å²) in [4.78, 5) is 11.1. The van der Waals surface area contributed by atoms with Crippen LogP contribution in [0, 0.1) is 5.92 Å². The molecule has 1 unspecified atom stereocenters. The van der Waals surface area contributed by atoms with E-state index in [-0.39, 0.29) is 12.5 Å². The van der Waals surface area contributed by atoms with E-state index in [1.807, 2.05) is 41.5 Å². The fourth-order valence-electron chi connectivity index (χ4n) is 0.636. The van der Waals surface area contributed by atoms with Crippen LogP contribution in [0.1, 0.15) is 41.5 Å². The molecular formula is C11H25NO3. The summed E-state index contributed by atoms with van der Waals surface area (Å²) in [6, 6.07) is 0. The molecule has 0 saturated carbocycles. The van der Waals surface area contributed by atoms with Crippen molar-refractivity contribution < 1.29 is 14.6 Å². The SMILES string of the molecule is CC.CC(CO)CNC(=O)OC(C)(C)C. The maximum Gasteiger partial charge on any atom is 0.407 e. The molecule has 0 heterocycles. The van der Waals surface area contributed by atoms with E-state index in [1.54, 1.807) is 0 Å². The molecule has 4 heteroatoms. The molecule has 0 aliphatic carbocycles. The molecule has 0 aromatic carbocycles. The van der Waals surface area contributed by atoms with Gasteiger partial charge in [0, 0.05) is 13.2 Å². The smallest absolute Gasteiger partial charge is 0.407 e. The third-order valence-electron chi connectivity index (χ3n) is 1.31. The average molecular weight is 219 g/mol. The first-order chi connectivity index (χ1) is 6.85. The van der Waals surface area contributed by atoms with Crippen molar-refractivity contribution in [2.24, 2.45) is 5.92 Å². The van der Waals surface area contributed by atoms with Gasteiger partial charge in [0.15, 0.2) is 0 Å². The molecule has 0 aromatic heterocycles. The minimum absolute atomic E-state index is 0.0625. The number of rotatable bonds is 3. The molecule has 2 N–H and O–H groups in total. The van der Waals surface area contributed by atoms with Crippen LogP contribution in [-0.4, -0.2) is 30.0 Å². The molecule has 0 fully saturated rings. The Bertz CT molecular complexity index is 164. The third kappa shape index (κ3) is 13.2. The molecule has 4 nitrogen and oxygen atoms in total. The Kier molecular flexibility index (Phi) is 9.47. The van der Waals surface area contributed by atoms with Gasteiger partial charge in [-0.1, -0.05) is 20.8 Å². The second-order valence-corrected chi connectivity index (χ2v) is 4.17. The van der Waals surface area contributed by atoms with Crippen LogP contribution >= 0.6 is 0 Å². The lowest BCUT2D eigenvalue weighted by atomic mass is 10.2. The molecule has 0 saturated heterocycles. The highest BCUT2D eigenvalue weighted by Crippen LogP contribution is 2.06. The highest BCUT2D eigenvalue weighted by atomic mass is 16.6. The monoisotopic (exact) mass is 219 g/mol. The molecule has 15 heavy (non-hydrogen) atoms. The second-order valence-electron chi connectivity index (χ2n) is 4.17. The van der Waals surface area contributed by atoms with Crippen LogP contribution in [0.15, 0.2) is 0 Å². The maximum absolute atomic E-state index is 11.1. The van der Waals surface area contributed by atoms with Crippen molar-refractivity contribution in [1.82, 2.24) is 5.32 Å². The Morgan fingerprint density at radius 2 is 1.87 bits per heavy atom. The average Bonchev–Trinajstić information content (AvgIpc) is 2.14. The van der Waals surface area contributed by atoms with Crippen molar-refractivity contribution in [2.45, 2.75) is 47.1 Å². The van der Waals surface area contributed by atoms with E-state index in [0.717, 1.165) is 0 Å². The number of hydrogen-bond acceptors (Lipinski definition) is 3. The van der Waals surface area contributed by atoms with E-state index < -0.39 is 11.7 Å². The Morgan fingerprint density at radius 1 is 1.40 bits per heavy atom. The summed E-state index contributed by atoms with van der Waals surface area (Å²) in [7, 11) is 0. The summed E-state index contributed by atoms with van der Waals surface area (Å²) in [5.74, 6) is 0.0625. The molecule has 0 radical (unpaired) electrons. The van der Waals surface area contributed by atoms with Crippen LogP contribution < -0.4 is 5.32 Å². The molecular weight excluding hydrogens is 194 g/mol. The summed E-state index contributed by atoms with van der Waals surface area (Å²) in [6.07, 6.45) is -0.437. The number of alkyl carbamates (subject to hydrolysis) is 1. The van der Waals surface area contributed by atoms with Gasteiger partial charge >= 0.3 is 6.09 Å². The summed E-state index contributed by atoms with van der Waals surface area (Å²) in [6.45, 7) is 11.8. The number of amides is 1. The lowest BCUT2D eigenvalue weighted by Gasteiger charge is -2.20. The predicted octanol–water partition coefficient (Wildman–Crippen LogP) is 2.17. The van der Waals surface area contributed by atoms with Crippen molar-refractivity contribution in [1.29, 1.82) is 0 Å². The van der Waals surface area contributed by atoms with Gasteiger partial charge in [0.25, 0.3) is 0 Å². The van der Waals surface area contributed by atoms with E-state index in [1.165, 1.54) is 0 Å². The molecule has 1 atom stereocenters. The molecule has 0 bridgehead atoms. The highest BCUT2D eigenvalue weighted by Gasteiger charge is 2.15. The zero-order chi connectivity index (χ0) is 12.5. The van der Waals surface area contributed by atoms with E-state index >= 15 is 0 Å². The van der Waals surface area contributed by atoms with Crippen molar-refractivity contribution in [3.8, 4) is 0 Å². The number of hydrogen-bond donors (Lipinski definition) is 2. The van der Waals surface area contributed by atoms with E-state index in [4.69, 9.17) is 9.84 Å². The standard InChI is InChI=1S/C9H19NO3.C2H6/c1-7(6-11)5-10-8(12)13-9(2,3)4;1-2/h7,11H,5-6H2,1-4H3,(H,10,12);1-2H3. The zero-order valence-electron chi connectivity index (χ0n) is 10.8. The van der Waals surface area contributed by atoms with Gasteiger partial charge in [-0.2, -0.15) is 0 Å². The van der Waals surface area contributed by atoms with Gasteiger partial charge < -0.3 is 15.2 Å². The normalized spacial score (nSPS) is 12.2. The topological polar surface area (TPSA) is 58.6 Å². The van der Waals surface area contributed by atoms with Crippen molar-refractivity contribution in [2.75, 3.05) is 13.2 Å². The fraction of sp³-hybridized carbons (Fsp3) is 0.909. The summed E-state index contributed by atoms with van der Waals surface area (Å²) in [5, 5.41) is 11.3. The Morgan fingerprint density at radius 3 is 2.20 bits per heavy atom. The van der Waals surface area contributed by atoms with Crippen molar-refractivity contribution in [3.63, 3.8) is 0 Å². The van der Waals surface area contributed by atoms with Gasteiger partial charge in [-0.05, 0) is 26.7 Å². The predicted molar refractivity (Wildman–Crippen MR) is 61.8 cm³/mol. The quantitative estimate of drug-likeness (QED) is 0.764. The van der Waals surface area contributed by atoms with Crippen LogP contribution in [0.3, 0.4) is 0 Å². The van der Waals surface area contributed by atoms with E-state index in [9.17, 15) is 4.79 Å². The van der Waals surface area contributed by atoms with E-state index in [2.05, 4.69) is 5.32 Å². The zero-order valence-corrected chi connectivity index (χ0v) is 10.8. The molecule has 0 rings (SSSR count). The number of nitrogens with one attached hydrogen (secondary N) is 1. The lowest BCUT2D eigenvalue weighted by Crippen LogP contribution is -2.35. The van der Waals surface area contributed by atoms with Crippen LogP contribution in [0.25, 0.3) is 0 Å². The van der Waals surface area contributed by atoms with Gasteiger partial charge in [0.2, 0.25) is 0 Å². The lowest BCUT2D eigenvalue weighted by molar-refractivity contribution is 0.0515. The molecule has 0 spiro atoms. The number of ether oxygens (including phenoxy) is 1. The Hall–Kier alpha value is -0.770. The van der Waals surface area contributed by atoms with Crippen LogP contribution in [0.5, 0.6) is 0 Å². The Labute approximate surface area is 93.0 Å². The molecule has 92 valence electrons. The van der Waals surface area contributed by atoms with Crippen LogP contribution in [-0.2, 0) is 4.74 Å². The first kappa shape index (κ1) is 16.7. The minimum atomic E-state index is -0.466. The summed E-state index contributed by atoms with van der Waals surface area (Å²) < 4.78 is 5.00. The van der Waals surface area contributed by atoms with Crippen molar-refractivity contribution in [3.05, 3.63) is 0 Å². The van der Waals surface area contributed by atoms with Gasteiger partial charge in [0.05, 0.1) is 0 Å². The number of aliphatic hydroxyl groups excluding tert-OH is 1. The van der Waals surface area contributed by atoms with Gasteiger partial charge in [-0.3, -0.25) is 0 Å². The number of aliphatic hydroxyl groups is 1. The summed E-state index contributed by atoms with van der Waals surface area (Å²) >= 11 is 0. The highest BCUT2D eigenvalue weighted by molar-refractivity contribution is 5.67. The van der Waals surface area contributed by atoms with Gasteiger partial charge in [-0.15, -0.1) is 0 Å². The second kappa shape index (κ2) is 8.53. The molecule has 1 amide bonds. The largest absolute Gasteiger partial charge is 0.444 e. The molecule has 0 aliphatic heterocycles. The van der Waals surface area contributed by atoms with E-state index in [0.29, 0.717) is 6.54 Å². The number of carbonyl (C=O) groups is 1. The fourth-order valence-corrected chi connectivity index (χ4v) is 0.636. The van der Waals surface area contributed by atoms with Crippen molar-refractivity contribution >= 4 is 6.09 Å². The number of carbonyl (C=O) groups excluding carboxylic acids is 1. The first-order valence-corrected chi connectivity index (χ1v) is 5.43. The summed E-state index contributed by atoms with van der Waals surface area (Å²) in [5.41, 5.74) is -0.466. The van der Waals surface area contributed by atoms with Gasteiger partial charge in [0.1, 0.15) is 5.60 Å². The molecule has 0 aliphatic rings. The minimum Gasteiger partial charge on any atom is -0.444 e. The molecule has 0 aromatic rings. The van der Waals surface area contributed by atoms with Gasteiger partial charge in [-0.25, -0.2) is 4.79 Å². The first-order valence-electron chi connectivity index (χ1n) is 5.43.